The summed E-state index contributed by atoms with van der Waals surface area (Å²) in [5.41, 5.74) is 4.25. The molecular formula is C26H25ClFN5O. The number of pyridine rings is 1. The fourth-order valence-corrected chi connectivity index (χ4v) is 4.66. The van der Waals surface area contributed by atoms with Crippen LogP contribution in [0.2, 0.25) is 5.02 Å². The standard InChI is InChI=1S/C26H25ClFN5O/c27-22-14-30-25(32-26(34)11-17-6-8-29-9-7-17)13-21(22)19-4-5-23-24(12-19)33(16-31-23)15-18-2-1-3-20(28)10-18/h1-5,10,12-14,16-17,29H,6-9,11,15H2,(H,30,32,34). The molecule has 1 aliphatic heterocycles. The first-order valence-electron chi connectivity index (χ1n) is 11.4. The zero-order valence-electron chi connectivity index (χ0n) is 18.6. The van der Waals surface area contributed by atoms with Gasteiger partial charge < -0.3 is 15.2 Å². The maximum absolute atomic E-state index is 13.6. The summed E-state index contributed by atoms with van der Waals surface area (Å²) in [5.74, 6) is 0.581. The number of halogens is 2. The molecular weight excluding hydrogens is 453 g/mol. The number of hydrogen-bond donors (Lipinski definition) is 2. The van der Waals surface area contributed by atoms with Crippen LogP contribution in [0.15, 0.2) is 61.1 Å². The summed E-state index contributed by atoms with van der Waals surface area (Å²) in [6.07, 6.45) is 5.82. The second-order valence-electron chi connectivity index (χ2n) is 8.70. The van der Waals surface area contributed by atoms with Crippen molar-refractivity contribution in [2.75, 3.05) is 18.4 Å². The number of benzene rings is 2. The van der Waals surface area contributed by atoms with Crippen molar-refractivity contribution in [3.63, 3.8) is 0 Å². The van der Waals surface area contributed by atoms with E-state index in [1.165, 1.54) is 12.1 Å². The Morgan fingerprint density at radius 3 is 2.82 bits per heavy atom. The number of aromatic nitrogens is 3. The van der Waals surface area contributed by atoms with E-state index in [1.54, 1.807) is 24.7 Å². The van der Waals surface area contributed by atoms with Crippen molar-refractivity contribution in [2.45, 2.75) is 25.8 Å². The van der Waals surface area contributed by atoms with Crippen molar-refractivity contribution in [3.8, 4) is 11.1 Å². The van der Waals surface area contributed by atoms with Gasteiger partial charge >= 0.3 is 0 Å². The Morgan fingerprint density at radius 2 is 2.00 bits per heavy atom. The lowest BCUT2D eigenvalue weighted by Crippen LogP contribution is -2.30. The number of imidazole rings is 1. The van der Waals surface area contributed by atoms with Gasteiger partial charge in [0.05, 0.1) is 22.4 Å². The Morgan fingerprint density at radius 1 is 1.15 bits per heavy atom. The Labute approximate surface area is 202 Å². The molecule has 0 spiro atoms. The number of rotatable bonds is 6. The van der Waals surface area contributed by atoms with Crippen LogP contribution in [0.4, 0.5) is 10.2 Å². The smallest absolute Gasteiger partial charge is 0.225 e. The average molecular weight is 478 g/mol. The molecule has 3 heterocycles. The SMILES string of the molecule is O=C(CC1CCNCC1)Nc1cc(-c2ccc3ncn(Cc4cccc(F)c4)c3c2)c(Cl)cn1. The van der Waals surface area contributed by atoms with Crippen LogP contribution < -0.4 is 10.6 Å². The molecule has 34 heavy (non-hydrogen) atoms. The fourth-order valence-electron chi connectivity index (χ4n) is 4.45. The Balaban J connectivity index is 1.38. The maximum Gasteiger partial charge on any atom is 0.225 e. The summed E-state index contributed by atoms with van der Waals surface area (Å²) in [5, 5.41) is 6.74. The lowest BCUT2D eigenvalue weighted by Gasteiger charge is -2.21. The van der Waals surface area contributed by atoms with Gasteiger partial charge in [-0.3, -0.25) is 4.79 Å². The molecule has 2 aromatic heterocycles. The van der Waals surface area contributed by atoms with Gasteiger partial charge in [-0.05, 0) is 73.3 Å². The minimum absolute atomic E-state index is 0.0312. The van der Waals surface area contributed by atoms with Gasteiger partial charge in [-0.25, -0.2) is 14.4 Å². The Kier molecular flexibility index (Phi) is 6.56. The van der Waals surface area contributed by atoms with E-state index in [1.807, 2.05) is 28.8 Å². The number of piperidine rings is 1. The fraction of sp³-hybridized carbons (Fsp3) is 0.269. The van der Waals surface area contributed by atoms with Gasteiger partial charge in [0.1, 0.15) is 11.6 Å². The number of nitrogens with zero attached hydrogens (tertiary/aromatic N) is 3. The van der Waals surface area contributed by atoms with E-state index >= 15 is 0 Å². The first-order valence-corrected chi connectivity index (χ1v) is 11.8. The molecule has 0 unspecified atom stereocenters. The van der Waals surface area contributed by atoms with Gasteiger partial charge in [0.15, 0.2) is 0 Å². The molecule has 2 N–H and O–H groups in total. The van der Waals surface area contributed by atoms with Gasteiger partial charge in [-0.15, -0.1) is 0 Å². The lowest BCUT2D eigenvalue weighted by atomic mass is 9.94. The number of hydrogen-bond acceptors (Lipinski definition) is 4. The molecule has 0 aliphatic carbocycles. The summed E-state index contributed by atoms with van der Waals surface area (Å²) in [4.78, 5) is 21.3. The molecule has 6 nitrogen and oxygen atoms in total. The first kappa shape index (κ1) is 22.5. The minimum atomic E-state index is -0.263. The van der Waals surface area contributed by atoms with E-state index < -0.39 is 0 Å². The molecule has 4 aromatic rings. The topological polar surface area (TPSA) is 71.8 Å². The highest BCUT2D eigenvalue weighted by Gasteiger charge is 2.18. The summed E-state index contributed by atoms with van der Waals surface area (Å²) in [7, 11) is 0. The molecule has 174 valence electrons. The normalized spacial score (nSPS) is 14.4. The first-order chi connectivity index (χ1) is 16.5. The van der Waals surface area contributed by atoms with Crippen LogP contribution >= 0.6 is 11.6 Å². The number of amides is 1. The molecule has 1 fully saturated rings. The van der Waals surface area contributed by atoms with Gasteiger partial charge in [0.25, 0.3) is 0 Å². The Hall–Kier alpha value is -3.29. The predicted octanol–water partition coefficient (Wildman–Crippen LogP) is 5.27. The van der Waals surface area contributed by atoms with Crippen molar-refractivity contribution >= 4 is 34.4 Å². The van der Waals surface area contributed by atoms with Crippen molar-refractivity contribution in [2.24, 2.45) is 5.92 Å². The van der Waals surface area contributed by atoms with Crippen LogP contribution in [0.5, 0.6) is 0 Å². The third-order valence-electron chi connectivity index (χ3n) is 6.23. The number of carbonyl (C=O) groups is 1. The van der Waals surface area contributed by atoms with Gasteiger partial charge in [-0.1, -0.05) is 29.8 Å². The average Bonchev–Trinajstić information content (AvgIpc) is 3.23. The van der Waals surface area contributed by atoms with Crippen LogP contribution in [0.3, 0.4) is 0 Å². The van der Waals surface area contributed by atoms with Crippen molar-refractivity contribution in [1.82, 2.24) is 19.9 Å². The van der Waals surface area contributed by atoms with Crippen molar-refractivity contribution in [1.29, 1.82) is 0 Å². The molecule has 0 atom stereocenters. The summed E-state index contributed by atoms with van der Waals surface area (Å²) < 4.78 is 15.6. The summed E-state index contributed by atoms with van der Waals surface area (Å²) in [6.45, 7) is 2.42. The largest absolute Gasteiger partial charge is 0.326 e. The van der Waals surface area contributed by atoms with E-state index in [2.05, 4.69) is 20.6 Å². The van der Waals surface area contributed by atoms with E-state index in [4.69, 9.17) is 11.6 Å². The molecule has 1 saturated heterocycles. The van der Waals surface area contributed by atoms with E-state index in [0.29, 0.717) is 29.7 Å². The third kappa shape index (κ3) is 5.11. The van der Waals surface area contributed by atoms with Crippen LogP contribution in [-0.4, -0.2) is 33.5 Å². The van der Waals surface area contributed by atoms with Crippen LogP contribution in [-0.2, 0) is 11.3 Å². The highest BCUT2D eigenvalue weighted by atomic mass is 35.5. The summed E-state index contributed by atoms with van der Waals surface area (Å²) in [6, 6.07) is 14.2. The molecule has 0 radical (unpaired) electrons. The van der Waals surface area contributed by atoms with E-state index in [9.17, 15) is 9.18 Å². The number of anilines is 1. The highest BCUT2D eigenvalue weighted by molar-refractivity contribution is 6.33. The number of fused-ring (bicyclic) bond motifs is 1. The second kappa shape index (κ2) is 9.91. The van der Waals surface area contributed by atoms with Gasteiger partial charge in [0.2, 0.25) is 5.91 Å². The zero-order valence-corrected chi connectivity index (χ0v) is 19.4. The molecule has 1 amide bonds. The predicted molar refractivity (Wildman–Crippen MR) is 132 cm³/mol. The Bertz CT molecular complexity index is 1330. The minimum Gasteiger partial charge on any atom is -0.326 e. The molecule has 0 bridgehead atoms. The number of carbonyl (C=O) groups excluding carboxylic acids is 1. The second-order valence-corrected chi connectivity index (χ2v) is 9.11. The van der Waals surface area contributed by atoms with Crippen molar-refractivity contribution < 1.29 is 9.18 Å². The van der Waals surface area contributed by atoms with E-state index in [-0.39, 0.29) is 11.7 Å². The monoisotopic (exact) mass is 477 g/mol. The molecule has 1 aliphatic rings. The van der Waals surface area contributed by atoms with Gasteiger partial charge in [-0.2, -0.15) is 0 Å². The molecule has 2 aromatic carbocycles. The van der Waals surface area contributed by atoms with Crippen LogP contribution in [0.1, 0.15) is 24.8 Å². The van der Waals surface area contributed by atoms with Gasteiger partial charge in [0, 0.05) is 24.7 Å². The van der Waals surface area contributed by atoms with Crippen LogP contribution in [0, 0.1) is 11.7 Å². The molecule has 8 heteroatoms. The van der Waals surface area contributed by atoms with E-state index in [0.717, 1.165) is 53.7 Å². The molecule has 0 saturated carbocycles. The zero-order chi connectivity index (χ0) is 23.5. The summed E-state index contributed by atoms with van der Waals surface area (Å²) >= 11 is 6.49. The van der Waals surface area contributed by atoms with Crippen LogP contribution in [0.25, 0.3) is 22.2 Å². The maximum atomic E-state index is 13.6. The molecule has 5 rings (SSSR count). The highest BCUT2D eigenvalue weighted by Crippen LogP contribution is 2.32. The number of nitrogens with one attached hydrogen (secondary N) is 2. The third-order valence-corrected chi connectivity index (χ3v) is 6.53. The van der Waals surface area contributed by atoms with Crippen molar-refractivity contribution in [3.05, 3.63) is 77.5 Å². The quantitative estimate of drug-likeness (QED) is 0.397. The lowest BCUT2D eigenvalue weighted by molar-refractivity contribution is -0.117.